The Hall–Kier alpha value is -2.63. The van der Waals surface area contributed by atoms with Crippen LogP contribution in [0.4, 0.5) is 0 Å². The summed E-state index contributed by atoms with van der Waals surface area (Å²) in [6, 6.07) is 0. The summed E-state index contributed by atoms with van der Waals surface area (Å²) in [5, 5.41) is 0. The van der Waals surface area contributed by atoms with Crippen LogP contribution in [-0.2, 0) is 28.6 Å². The second-order valence-corrected chi connectivity index (χ2v) is 24.9. The lowest BCUT2D eigenvalue weighted by molar-refractivity contribution is -0.167. The highest BCUT2D eigenvalue weighted by atomic mass is 16.6. The van der Waals surface area contributed by atoms with Gasteiger partial charge in [-0.3, -0.25) is 14.4 Å². The summed E-state index contributed by atoms with van der Waals surface area (Å²) in [5.74, 6) is -0.850. The van der Waals surface area contributed by atoms with Crippen molar-refractivity contribution in [2.24, 2.45) is 0 Å². The van der Waals surface area contributed by atoms with Gasteiger partial charge in [-0.05, 0) is 83.5 Å². The van der Waals surface area contributed by atoms with E-state index in [1.807, 2.05) is 0 Å². The van der Waals surface area contributed by atoms with E-state index in [9.17, 15) is 14.4 Å². The maximum atomic E-state index is 13.0. The number of allylic oxidation sites excluding steroid dienone is 8. The van der Waals surface area contributed by atoms with Crippen LogP contribution in [0.3, 0.4) is 0 Å². The van der Waals surface area contributed by atoms with Crippen LogP contribution in [0.15, 0.2) is 48.6 Å². The number of carbonyl (C=O) groups excluding carboxylic acids is 3. The van der Waals surface area contributed by atoms with Crippen LogP contribution in [0.5, 0.6) is 0 Å². The van der Waals surface area contributed by atoms with Crippen LogP contribution in [0.2, 0.25) is 0 Å². The molecular weight excluding hydrogens is 1010 g/mol. The summed E-state index contributed by atoms with van der Waals surface area (Å²) in [6.07, 6.45) is 89.9. The fourth-order valence-corrected chi connectivity index (χ4v) is 11.0. The molecule has 0 fully saturated rings. The molecular formula is C76H140O6. The van der Waals surface area contributed by atoms with Crippen molar-refractivity contribution in [3.63, 3.8) is 0 Å². The first kappa shape index (κ1) is 79.4. The normalized spacial score (nSPS) is 12.3. The zero-order chi connectivity index (χ0) is 59.2. The van der Waals surface area contributed by atoms with Crippen LogP contribution >= 0.6 is 0 Å². The Kier molecular flexibility index (Phi) is 68.6. The van der Waals surface area contributed by atoms with Gasteiger partial charge in [0.15, 0.2) is 6.10 Å². The summed E-state index contributed by atoms with van der Waals surface area (Å²) in [5.41, 5.74) is 0. The highest BCUT2D eigenvalue weighted by molar-refractivity contribution is 5.71. The van der Waals surface area contributed by atoms with E-state index >= 15 is 0 Å². The van der Waals surface area contributed by atoms with Crippen LogP contribution in [0, 0.1) is 0 Å². The van der Waals surface area contributed by atoms with Gasteiger partial charge in [-0.2, -0.15) is 0 Å². The van der Waals surface area contributed by atoms with Gasteiger partial charge in [-0.15, -0.1) is 0 Å². The summed E-state index contributed by atoms with van der Waals surface area (Å²) in [7, 11) is 0. The second kappa shape index (κ2) is 70.9. The van der Waals surface area contributed by atoms with Gasteiger partial charge in [0.25, 0.3) is 0 Å². The molecule has 0 rings (SSSR count). The topological polar surface area (TPSA) is 78.9 Å². The first-order valence-electron chi connectivity index (χ1n) is 36.6. The predicted octanol–water partition coefficient (Wildman–Crippen LogP) is 25.3. The van der Waals surface area contributed by atoms with Crippen molar-refractivity contribution >= 4 is 17.9 Å². The molecule has 0 saturated heterocycles. The van der Waals surface area contributed by atoms with Gasteiger partial charge < -0.3 is 14.2 Å². The van der Waals surface area contributed by atoms with Gasteiger partial charge in [0, 0.05) is 19.3 Å². The second-order valence-electron chi connectivity index (χ2n) is 24.9. The molecule has 0 N–H and O–H groups in total. The Labute approximate surface area is 511 Å². The lowest BCUT2D eigenvalue weighted by atomic mass is 10.0. The molecule has 0 heterocycles. The third-order valence-corrected chi connectivity index (χ3v) is 16.6. The molecule has 82 heavy (non-hydrogen) atoms. The van der Waals surface area contributed by atoms with E-state index in [4.69, 9.17) is 14.2 Å². The van der Waals surface area contributed by atoms with Crippen molar-refractivity contribution in [2.45, 2.75) is 406 Å². The Morgan fingerprint density at radius 1 is 0.244 bits per heavy atom. The number of rotatable bonds is 68. The van der Waals surface area contributed by atoms with Crippen molar-refractivity contribution in [1.29, 1.82) is 0 Å². The molecule has 0 aliphatic rings. The minimum absolute atomic E-state index is 0.0710. The van der Waals surface area contributed by atoms with E-state index in [0.29, 0.717) is 19.3 Å². The summed E-state index contributed by atoms with van der Waals surface area (Å²) in [4.78, 5) is 38.5. The molecule has 0 spiro atoms. The standard InChI is InChI=1S/C76H140O6/c1-4-7-10-13-16-19-22-25-28-31-34-36-38-40-42-45-48-51-54-57-60-63-66-69-75(78)81-72-73(71-80-74(77)68-65-62-59-56-53-50-47-44-33-30-27-24-21-18-15-12-9-6-3)82-76(79)70-67-64-61-58-55-52-49-46-43-41-39-37-35-32-29-26-23-20-17-14-11-8-5-2/h22,25,31-32,34-35,38,40,73H,4-21,23-24,26-30,33,36-37,39,41-72H2,1-3H3/b25-22-,34-31-,35-32-,40-38-. The molecule has 0 aromatic carbocycles. The van der Waals surface area contributed by atoms with Crippen LogP contribution in [0.25, 0.3) is 0 Å². The lowest BCUT2D eigenvalue weighted by Crippen LogP contribution is -2.30. The average molecular weight is 1150 g/mol. The molecule has 480 valence electrons. The molecule has 0 aliphatic heterocycles. The third-order valence-electron chi connectivity index (χ3n) is 16.6. The zero-order valence-electron chi connectivity index (χ0n) is 55.3. The highest BCUT2D eigenvalue weighted by Gasteiger charge is 2.19. The number of carbonyl (C=O) groups is 3. The van der Waals surface area contributed by atoms with Crippen LogP contribution < -0.4 is 0 Å². The van der Waals surface area contributed by atoms with E-state index in [1.165, 1.54) is 283 Å². The third kappa shape index (κ3) is 68.2. The molecule has 0 aromatic rings. The Balaban J connectivity index is 4.34. The van der Waals surface area contributed by atoms with E-state index in [2.05, 4.69) is 69.4 Å². The number of hydrogen-bond donors (Lipinski definition) is 0. The summed E-state index contributed by atoms with van der Waals surface area (Å²) in [6.45, 7) is 6.70. The SMILES string of the molecule is CCCCCCC/C=C\C/C=C\C/C=C\CCCCCCCCCCC(=O)OCC(COC(=O)CCCCCCCCCCCCCCCCCCCC)OC(=O)CCCCCCCCCCCCC/C=C\CCCCCCCCCC. The van der Waals surface area contributed by atoms with E-state index in [1.54, 1.807) is 0 Å². The largest absolute Gasteiger partial charge is 0.462 e. The minimum Gasteiger partial charge on any atom is -0.462 e. The molecule has 1 unspecified atom stereocenters. The van der Waals surface area contributed by atoms with E-state index < -0.39 is 6.10 Å². The van der Waals surface area contributed by atoms with Gasteiger partial charge in [0.05, 0.1) is 0 Å². The maximum absolute atomic E-state index is 13.0. The minimum atomic E-state index is -0.777. The van der Waals surface area contributed by atoms with Gasteiger partial charge in [-0.25, -0.2) is 0 Å². The van der Waals surface area contributed by atoms with E-state index in [0.717, 1.165) is 77.0 Å². The first-order chi connectivity index (χ1) is 40.5. The molecule has 6 nitrogen and oxygen atoms in total. The van der Waals surface area contributed by atoms with Crippen molar-refractivity contribution < 1.29 is 28.6 Å². The van der Waals surface area contributed by atoms with Crippen LogP contribution in [-0.4, -0.2) is 37.2 Å². The van der Waals surface area contributed by atoms with Crippen molar-refractivity contribution in [2.75, 3.05) is 13.2 Å². The van der Waals surface area contributed by atoms with Crippen molar-refractivity contribution in [3.05, 3.63) is 48.6 Å². The quantitative estimate of drug-likeness (QED) is 0.0261. The summed E-state index contributed by atoms with van der Waals surface area (Å²) >= 11 is 0. The lowest BCUT2D eigenvalue weighted by Gasteiger charge is -2.18. The average Bonchev–Trinajstić information content (AvgIpc) is 3.47. The molecule has 0 bridgehead atoms. The van der Waals surface area contributed by atoms with Gasteiger partial charge >= 0.3 is 17.9 Å². The molecule has 0 radical (unpaired) electrons. The Morgan fingerprint density at radius 3 is 0.695 bits per heavy atom. The molecule has 1 atom stereocenters. The zero-order valence-corrected chi connectivity index (χ0v) is 55.3. The number of hydrogen-bond acceptors (Lipinski definition) is 6. The Bertz CT molecular complexity index is 1410. The maximum Gasteiger partial charge on any atom is 0.306 e. The monoisotopic (exact) mass is 1150 g/mol. The molecule has 0 saturated carbocycles. The number of ether oxygens (including phenoxy) is 3. The molecule has 0 aliphatic carbocycles. The fourth-order valence-electron chi connectivity index (χ4n) is 11.0. The van der Waals surface area contributed by atoms with Crippen molar-refractivity contribution in [3.8, 4) is 0 Å². The molecule has 0 aromatic heterocycles. The molecule has 6 heteroatoms. The number of unbranched alkanes of at least 4 members (excludes halogenated alkanes) is 49. The summed E-state index contributed by atoms with van der Waals surface area (Å²) < 4.78 is 17.0. The Morgan fingerprint density at radius 2 is 0.439 bits per heavy atom. The van der Waals surface area contributed by atoms with Gasteiger partial charge in [0.1, 0.15) is 13.2 Å². The number of esters is 3. The first-order valence-corrected chi connectivity index (χ1v) is 36.6. The van der Waals surface area contributed by atoms with Crippen molar-refractivity contribution in [1.82, 2.24) is 0 Å². The fraction of sp³-hybridized carbons (Fsp3) is 0.855. The predicted molar refractivity (Wildman–Crippen MR) is 358 cm³/mol. The smallest absolute Gasteiger partial charge is 0.306 e. The highest BCUT2D eigenvalue weighted by Crippen LogP contribution is 2.18. The van der Waals surface area contributed by atoms with Crippen LogP contribution in [0.1, 0.15) is 400 Å². The molecule has 0 amide bonds. The van der Waals surface area contributed by atoms with Gasteiger partial charge in [-0.1, -0.05) is 345 Å². The van der Waals surface area contributed by atoms with E-state index in [-0.39, 0.29) is 31.1 Å². The van der Waals surface area contributed by atoms with Gasteiger partial charge in [0.2, 0.25) is 0 Å².